The van der Waals surface area contributed by atoms with Gasteiger partial charge >= 0.3 is 0 Å². The summed E-state index contributed by atoms with van der Waals surface area (Å²) in [5.41, 5.74) is 8.64. The lowest BCUT2D eigenvalue weighted by atomic mass is 9.82. The summed E-state index contributed by atoms with van der Waals surface area (Å²) >= 11 is 0. The number of nitrogens with zero attached hydrogens (tertiary/aromatic N) is 3. The van der Waals surface area contributed by atoms with Crippen LogP contribution in [0.3, 0.4) is 0 Å². The molecule has 1 aromatic carbocycles. The van der Waals surface area contributed by atoms with Crippen LogP contribution >= 0.6 is 0 Å². The zero-order valence-corrected chi connectivity index (χ0v) is 18.7. The average molecular weight is 384 g/mol. The second kappa shape index (κ2) is 5.47. The van der Waals surface area contributed by atoms with E-state index in [9.17, 15) is 0 Å². The molecule has 0 N–H and O–H groups in total. The fraction of sp³-hybridized carbons (Fsp3) is 0.385. The van der Waals surface area contributed by atoms with Crippen LogP contribution in [-0.4, -0.2) is 14.4 Å². The van der Waals surface area contributed by atoms with E-state index in [2.05, 4.69) is 90.4 Å². The molecule has 0 saturated heterocycles. The number of fused-ring (bicyclic) bond motifs is 6. The lowest BCUT2D eigenvalue weighted by Gasteiger charge is -2.23. The minimum atomic E-state index is 0.0236. The predicted molar refractivity (Wildman–Crippen MR) is 124 cm³/mol. The Labute approximate surface area is 172 Å². The van der Waals surface area contributed by atoms with E-state index >= 15 is 0 Å². The number of pyridine rings is 2. The van der Waals surface area contributed by atoms with Gasteiger partial charge in [0.1, 0.15) is 0 Å². The Hall–Kier alpha value is -2.68. The van der Waals surface area contributed by atoms with E-state index in [1.54, 1.807) is 0 Å². The predicted octanol–water partition coefficient (Wildman–Crippen LogP) is 6.84. The molecule has 0 aliphatic rings. The molecule has 0 amide bonds. The molecule has 4 aromatic heterocycles. The summed E-state index contributed by atoms with van der Waals surface area (Å²) in [6, 6.07) is 6.76. The summed E-state index contributed by atoms with van der Waals surface area (Å²) in [5, 5.41) is 5.32. The van der Waals surface area contributed by atoms with Gasteiger partial charge in [-0.1, -0.05) is 59.7 Å². The van der Waals surface area contributed by atoms with Gasteiger partial charge in [-0.2, -0.15) is 0 Å². The zero-order valence-electron chi connectivity index (χ0n) is 18.7. The Bertz CT molecular complexity index is 1320. The van der Waals surface area contributed by atoms with Gasteiger partial charge < -0.3 is 4.40 Å². The topological polar surface area (TPSA) is 30.2 Å². The third kappa shape index (κ3) is 2.30. The van der Waals surface area contributed by atoms with Gasteiger partial charge in [-0.15, -0.1) is 0 Å². The minimum Gasteiger partial charge on any atom is -0.305 e. The third-order valence-corrected chi connectivity index (χ3v) is 6.28. The summed E-state index contributed by atoms with van der Waals surface area (Å²) in [6.07, 6.45) is 4.10. The standard InChI is InChI=1S/C26H29N3/c1-14-22(25(3,4)5)20-16-10-9-11-17-21-19(29(24(16)17)18(20)12-27-14)13-28-15(2)23(21)26(6,7)8/h9-13H,1-8H3. The van der Waals surface area contributed by atoms with Crippen molar-refractivity contribution in [2.75, 3.05) is 0 Å². The van der Waals surface area contributed by atoms with Crippen LogP contribution < -0.4 is 0 Å². The van der Waals surface area contributed by atoms with Crippen molar-refractivity contribution in [3.05, 3.63) is 53.1 Å². The van der Waals surface area contributed by atoms with Gasteiger partial charge in [0, 0.05) is 32.9 Å². The van der Waals surface area contributed by atoms with Crippen LogP contribution in [0.15, 0.2) is 30.6 Å². The van der Waals surface area contributed by atoms with E-state index in [-0.39, 0.29) is 10.8 Å². The Kier molecular flexibility index (Phi) is 3.46. The number of benzene rings is 1. The summed E-state index contributed by atoms with van der Waals surface area (Å²) in [4.78, 5) is 9.64. The summed E-state index contributed by atoms with van der Waals surface area (Å²) < 4.78 is 2.40. The summed E-state index contributed by atoms with van der Waals surface area (Å²) in [5.74, 6) is 0. The van der Waals surface area contributed by atoms with Gasteiger partial charge in [-0.05, 0) is 35.8 Å². The first-order chi connectivity index (χ1) is 13.5. The molecular weight excluding hydrogens is 354 g/mol. The van der Waals surface area contributed by atoms with E-state index in [0.717, 1.165) is 11.4 Å². The normalized spacial score (nSPS) is 13.5. The number of para-hydroxylation sites is 1. The highest BCUT2D eigenvalue weighted by atomic mass is 14.9. The molecule has 0 spiro atoms. The lowest BCUT2D eigenvalue weighted by Crippen LogP contribution is -2.15. The van der Waals surface area contributed by atoms with Gasteiger partial charge in [0.25, 0.3) is 0 Å². The summed E-state index contributed by atoms with van der Waals surface area (Å²) in [7, 11) is 0. The molecular formula is C26H29N3. The molecule has 0 atom stereocenters. The molecule has 5 rings (SSSR count). The van der Waals surface area contributed by atoms with Crippen molar-refractivity contribution in [3.8, 4) is 0 Å². The van der Waals surface area contributed by atoms with Crippen molar-refractivity contribution >= 4 is 38.1 Å². The maximum absolute atomic E-state index is 4.82. The van der Waals surface area contributed by atoms with Crippen LogP contribution in [0.5, 0.6) is 0 Å². The minimum absolute atomic E-state index is 0.0236. The largest absolute Gasteiger partial charge is 0.305 e. The average Bonchev–Trinajstić information content (AvgIpc) is 3.10. The van der Waals surface area contributed by atoms with E-state index in [1.807, 2.05) is 0 Å². The van der Waals surface area contributed by atoms with Crippen LogP contribution in [0.4, 0.5) is 0 Å². The molecule has 0 fully saturated rings. The Balaban J connectivity index is 2.14. The van der Waals surface area contributed by atoms with Gasteiger partial charge in [0.15, 0.2) is 0 Å². The van der Waals surface area contributed by atoms with E-state index in [4.69, 9.17) is 9.97 Å². The van der Waals surface area contributed by atoms with Crippen LogP contribution in [0, 0.1) is 13.8 Å². The molecule has 0 aliphatic carbocycles. The molecule has 3 heteroatoms. The second-order valence-corrected chi connectivity index (χ2v) is 10.5. The number of aryl methyl sites for hydroxylation is 2. The van der Waals surface area contributed by atoms with Crippen LogP contribution in [-0.2, 0) is 10.8 Å². The molecule has 3 nitrogen and oxygen atoms in total. The first kappa shape index (κ1) is 18.4. The van der Waals surface area contributed by atoms with E-state index in [0.29, 0.717) is 0 Å². The second-order valence-electron chi connectivity index (χ2n) is 10.5. The van der Waals surface area contributed by atoms with Gasteiger partial charge in [0.2, 0.25) is 0 Å². The van der Waals surface area contributed by atoms with Crippen molar-refractivity contribution in [3.63, 3.8) is 0 Å². The molecule has 0 unspecified atom stereocenters. The number of hydrogen-bond acceptors (Lipinski definition) is 2. The monoisotopic (exact) mass is 383 g/mol. The molecule has 0 bridgehead atoms. The zero-order chi connectivity index (χ0) is 20.9. The first-order valence-corrected chi connectivity index (χ1v) is 10.5. The van der Waals surface area contributed by atoms with Gasteiger partial charge in [0.05, 0.1) is 28.9 Å². The Morgan fingerprint density at radius 2 is 1.10 bits per heavy atom. The first-order valence-electron chi connectivity index (χ1n) is 10.5. The molecule has 0 radical (unpaired) electrons. The number of hydrogen-bond donors (Lipinski definition) is 0. The van der Waals surface area contributed by atoms with Crippen molar-refractivity contribution in [1.29, 1.82) is 0 Å². The Morgan fingerprint density at radius 3 is 1.48 bits per heavy atom. The molecule has 29 heavy (non-hydrogen) atoms. The highest BCUT2D eigenvalue weighted by Crippen LogP contribution is 2.45. The lowest BCUT2D eigenvalue weighted by molar-refractivity contribution is 0.588. The van der Waals surface area contributed by atoms with Crippen molar-refractivity contribution in [2.24, 2.45) is 0 Å². The van der Waals surface area contributed by atoms with E-state index < -0.39 is 0 Å². The molecule has 148 valence electrons. The van der Waals surface area contributed by atoms with Gasteiger partial charge in [-0.25, -0.2) is 0 Å². The van der Waals surface area contributed by atoms with Crippen LogP contribution in [0.25, 0.3) is 38.1 Å². The maximum Gasteiger partial charge on any atom is 0.0728 e. The highest BCUT2D eigenvalue weighted by Gasteiger charge is 2.29. The van der Waals surface area contributed by atoms with Crippen LogP contribution in [0.2, 0.25) is 0 Å². The highest BCUT2D eigenvalue weighted by molar-refractivity contribution is 6.24. The third-order valence-electron chi connectivity index (χ3n) is 6.28. The van der Waals surface area contributed by atoms with Crippen LogP contribution in [0.1, 0.15) is 64.1 Å². The summed E-state index contributed by atoms with van der Waals surface area (Å²) in [6.45, 7) is 18.0. The smallest absolute Gasteiger partial charge is 0.0728 e. The fourth-order valence-corrected chi connectivity index (χ4v) is 5.47. The van der Waals surface area contributed by atoms with Crippen molar-refractivity contribution < 1.29 is 0 Å². The van der Waals surface area contributed by atoms with Crippen molar-refractivity contribution in [1.82, 2.24) is 14.4 Å². The molecule has 5 aromatic rings. The quantitative estimate of drug-likeness (QED) is 0.293. The maximum atomic E-state index is 4.82. The SMILES string of the molecule is Cc1ncc2c(c1C(C)(C)C)c1cccc3c4c(C(C)(C)C)c(C)ncc4n2c13. The number of rotatable bonds is 0. The molecule has 0 saturated carbocycles. The Morgan fingerprint density at radius 1 is 0.690 bits per heavy atom. The fourth-order valence-electron chi connectivity index (χ4n) is 5.47. The van der Waals surface area contributed by atoms with Gasteiger partial charge in [-0.3, -0.25) is 9.97 Å². The number of aromatic nitrogens is 3. The van der Waals surface area contributed by atoms with E-state index in [1.165, 1.54) is 49.2 Å². The molecule has 4 heterocycles. The van der Waals surface area contributed by atoms with Crippen molar-refractivity contribution in [2.45, 2.75) is 66.2 Å². The molecule has 0 aliphatic heterocycles.